The van der Waals surface area contributed by atoms with Gasteiger partial charge in [0.15, 0.2) is 0 Å². The number of para-hydroxylation sites is 1. The van der Waals surface area contributed by atoms with Crippen molar-refractivity contribution in [2.75, 3.05) is 12.4 Å². The Hall–Kier alpha value is -2.79. The number of carbonyl (C=O) groups excluding carboxylic acids is 2. The highest BCUT2D eigenvalue weighted by atomic mass is 35.5. The number of rotatable bonds is 5. The van der Waals surface area contributed by atoms with Crippen molar-refractivity contribution in [1.82, 2.24) is 0 Å². The van der Waals surface area contributed by atoms with Gasteiger partial charge in [-0.15, -0.1) is 0 Å². The Morgan fingerprint density at radius 1 is 1.22 bits per heavy atom. The van der Waals surface area contributed by atoms with Crippen LogP contribution in [0.1, 0.15) is 15.9 Å². The summed E-state index contributed by atoms with van der Waals surface area (Å²) in [5.41, 5.74) is 6.53. The maximum atomic E-state index is 12.0. The molecule has 0 atom stereocenters. The molecular weight excluding hydrogens is 316 g/mol. The van der Waals surface area contributed by atoms with E-state index in [9.17, 15) is 9.59 Å². The Kier molecular flexibility index (Phi) is 5.38. The number of nitrogens with two attached hydrogens (primary N) is 1. The maximum absolute atomic E-state index is 12.0. The zero-order valence-electron chi connectivity index (χ0n) is 12.4. The fourth-order valence-corrected chi connectivity index (χ4v) is 2.16. The van der Waals surface area contributed by atoms with Crippen LogP contribution in [-0.4, -0.2) is 18.9 Å². The Bertz CT molecular complexity index is 772. The first-order valence-electron chi connectivity index (χ1n) is 6.72. The van der Waals surface area contributed by atoms with Crippen molar-refractivity contribution in [2.45, 2.75) is 0 Å². The van der Waals surface area contributed by atoms with Crippen LogP contribution < -0.4 is 15.8 Å². The summed E-state index contributed by atoms with van der Waals surface area (Å²) in [5, 5.41) is 3.15. The number of primary amides is 1. The number of halogens is 1. The third-order valence-electron chi connectivity index (χ3n) is 3.06. The molecule has 0 aliphatic carbocycles. The Morgan fingerprint density at radius 3 is 2.65 bits per heavy atom. The van der Waals surface area contributed by atoms with Crippen molar-refractivity contribution in [3.8, 4) is 5.75 Å². The van der Waals surface area contributed by atoms with Crippen LogP contribution in [0.25, 0.3) is 6.08 Å². The largest absolute Gasteiger partial charge is 0.496 e. The van der Waals surface area contributed by atoms with Gasteiger partial charge in [-0.3, -0.25) is 9.59 Å². The molecule has 0 radical (unpaired) electrons. The van der Waals surface area contributed by atoms with E-state index in [0.717, 1.165) is 0 Å². The number of hydrogen-bond donors (Lipinski definition) is 2. The van der Waals surface area contributed by atoms with Crippen LogP contribution >= 0.6 is 11.6 Å². The van der Waals surface area contributed by atoms with Crippen molar-refractivity contribution in [3.63, 3.8) is 0 Å². The number of ether oxygens (including phenoxy) is 1. The van der Waals surface area contributed by atoms with Crippen LogP contribution in [0, 0.1) is 0 Å². The molecule has 0 heterocycles. The quantitative estimate of drug-likeness (QED) is 0.826. The minimum Gasteiger partial charge on any atom is -0.496 e. The second kappa shape index (κ2) is 7.47. The lowest BCUT2D eigenvalue weighted by Crippen LogP contribution is -2.16. The summed E-state index contributed by atoms with van der Waals surface area (Å²) >= 11 is 5.93. The monoisotopic (exact) mass is 330 g/mol. The molecule has 0 aliphatic heterocycles. The van der Waals surface area contributed by atoms with Gasteiger partial charge in [0.2, 0.25) is 5.91 Å². The predicted molar refractivity (Wildman–Crippen MR) is 90.6 cm³/mol. The van der Waals surface area contributed by atoms with Gasteiger partial charge in [-0.1, -0.05) is 23.7 Å². The zero-order chi connectivity index (χ0) is 16.8. The van der Waals surface area contributed by atoms with Crippen LogP contribution in [0.3, 0.4) is 0 Å². The first kappa shape index (κ1) is 16.6. The van der Waals surface area contributed by atoms with Gasteiger partial charge in [-0.2, -0.15) is 0 Å². The third-order valence-corrected chi connectivity index (χ3v) is 3.29. The van der Waals surface area contributed by atoms with Crippen LogP contribution in [0.15, 0.2) is 48.5 Å². The number of amides is 2. The first-order valence-corrected chi connectivity index (χ1v) is 7.10. The number of methoxy groups -OCH3 is 1. The molecule has 118 valence electrons. The van der Waals surface area contributed by atoms with Crippen LogP contribution in [0.5, 0.6) is 5.75 Å². The van der Waals surface area contributed by atoms with E-state index in [1.807, 2.05) is 0 Å². The van der Waals surface area contributed by atoms with E-state index in [1.165, 1.54) is 13.2 Å². The maximum Gasteiger partial charge on any atom is 0.250 e. The SMILES string of the molecule is COc1ccc(Cl)cc1C=CC(=O)Nc1ccccc1C(N)=O. The summed E-state index contributed by atoms with van der Waals surface area (Å²) in [6.45, 7) is 0. The molecule has 0 bridgehead atoms. The van der Waals surface area contributed by atoms with Crippen molar-refractivity contribution in [3.05, 3.63) is 64.7 Å². The molecule has 2 aromatic rings. The van der Waals surface area contributed by atoms with Crippen LogP contribution in [-0.2, 0) is 4.79 Å². The second-order valence-corrected chi connectivity index (χ2v) is 5.06. The van der Waals surface area contributed by atoms with E-state index in [0.29, 0.717) is 22.0 Å². The number of anilines is 1. The van der Waals surface area contributed by atoms with Crippen molar-refractivity contribution >= 4 is 35.2 Å². The average molecular weight is 331 g/mol. The number of carbonyl (C=O) groups is 2. The molecule has 0 saturated heterocycles. The smallest absolute Gasteiger partial charge is 0.250 e. The van der Waals surface area contributed by atoms with Gasteiger partial charge in [0.05, 0.1) is 18.4 Å². The van der Waals surface area contributed by atoms with E-state index in [2.05, 4.69) is 5.32 Å². The Balaban J connectivity index is 2.17. The van der Waals surface area contributed by atoms with E-state index in [-0.39, 0.29) is 5.56 Å². The molecule has 0 saturated carbocycles. The summed E-state index contributed by atoms with van der Waals surface area (Å²) in [6.07, 6.45) is 2.90. The first-order chi connectivity index (χ1) is 11.0. The molecule has 23 heavy (non-hydrogen) atoms. The molecule has 2 amide bonds. The lowest BCUT2D eigenvalue weighted by molar-refractivity contribution is -0.111. The molecule has 0 aromatic heterocycles. The fraction of sp³-hybridized carbons (Fsp3) is 0.0588. The van der Waals surface area contributed by atoms with Crippen molar-refractivity contribution in [1.29, 1.82) is 0 Å². The summed E-state index contributed by atoms with van der Waals surface area (Å²) in [5.74, 6) is -0.418. The van der Waals surface area contributed by atoms with Gasteiger partial charge in [0, 0.05) is 16.7 Å². The molecule has 6 heteroatoms. The normalized spacial score (nSPS) is 10.5. The third kappa shape index (κ3) is 4.34. The molecule has 0 aliphatic rings. The highest BCUT2D eigenvalue weighted by Gasteiger charge is 2.09. The molecule has 0 unspecified atom stereocenters. The summed E-state index contributed by atoms with van der Waals surface area (Å²) in [7, 11) is 1.53. The van der Waals surface area contributed by atoms with Crippen LogP contribution in [0.4, 0.5) is 5.69 Å². The standard InChI is InChI=1S/C17H15ClN2O3/c1-23-15-8-7-12(18)10-11(15)6-9-16(21)20-14-5-3-2-4-13(14)17(19)22/h2-10H,1H3,(H2,19,22)(H,20,21). The molecule has 0 spiro atoms. The van der Waals surface area contributed by atoms with Crippen molar-refractivity contribution in [2.24, 2.45) is 5.73 Å². The van der Waals surface area contributed by atoms with Gasteiger partial charge in [0.1, 0.15) is 5.75 Å². The van der Waals surface area contributed by atoms with E-state index in [4.69, 9.17) is 22.1 Å². The summed E-state index contributed by atoms with van der Waals surface area (Å²) in [4.78, 5) is 23.3. The molecule has 5 nitrogen and oxygen atoms in total. The van der Waals surface area contributed by atoms with Gasteiger partial charge in [-0.25, -0.2) is 0 Å². The number of hydrogen-bond acceptors (Lipinski definition) is 3. The van der Waals surface area contributed by atoms with Crippen LogP contribution in [0.2, 0.25) is 5.02 Å². The Morgan fingerprint density at radius 2 is 1.96 bits per heavy atom. The average Bonchev–Trinajstić information content (AvgIpc) is 2.53. The predicted octanol–water partition coefficient (Wildman–Crippen LogP) is 3.10. The number of nitrogens with one attached hydrogen (secondary N) is 1. The van der Waals surface area contributed by atoms with Gasteiger partial charge < -0.3 is 15.8 Å². The number of benzene rings is 2. The highest BCUT2D eigenvalue weighted by Crippen LogP contribution is 2.24. The van der Waals surface area contributed by atoms with Gasteiger partial charge in [-0.05, 0) is 36.4 Å². The van der Waals surface area contributed by atoms with E-state index < -0.39 is 11.8 Å². The fourth-order valence-electron chi connectivity index (χ4n) is 1.98. The Labute approximate surface area is 138 Å². The molecule has 0 fully saturated rings. The molecular formula is C17H15ClN2O3. The van der Waals surface area contributed by atoms with Crippen molar-refractivity contribution < 1.29 is 14.3 Å². The lowest BCUT2D eigenvalue weighted by atomic mass is 10.1. The molecule has 3 N–H and O–H groups in total. The lowest BCUT2D eigenvalue weighted by Gasteiger charge is -2.07. The van der Waals surface area contributed by atoms with E-state index >= 15 is 0 Å². The minimum atomic E-state index is -0.610. The second-order valence-electron chi connectivity index (χ2n) is 4.62. The molecule has 2 rings (SSSR count). The minimum absolute atomic E-state index is 0.245. The van der Waals surface area contributed by atoms with Gasteiger partial charge >= 0.3 is 0 Å². The molecule has 2 aromatic carbocycles. The topological polar surface area (TPSA) is 81.4 Å². The van der Waals surface area contributed by atoms with E-state index in [1.54, 1.807) is 48.5 Å². The zero-order valence-corrected chi connectivity index (χ0v) is 13.1. The highest BCUT2D eigenvalue weighted by molar-refractivity contribution is 6.30. The summed E-state index contributed by atoms with van der Waals surface area (Å²) in [6, 6.07) is 11.6. The van der Waals surface area contributed by atoms with Gasteiger partial charge in [0.25, 0.3) is 5.91 Å². The summed E-state index contributed by atoms with van der Waals surface area (Å²) < 4.78 is 5.20.